The quantitative estimate of drug-likeness (QED) is 0.778. The minimum Gasteiger partial charge on any atom is -0.476 e. The summed E-state index contributed by atoms with van der Waals surface area (Å²) in [6.07, 6.45) is 0.872. The Kier molecular flexibility index (Phi) is 6.51. The maximum atomic E-state index is 13.8. The third kappa shape index (κ3) is 4.61. The molecule has 8 heteroatoms. The first-order valence-electron chi connectivity index (χ1n) is 8.66. The van der Waals surface area contributed by atoms with Gasteiger partial charge in [0.2, 0.25) is 5.91 Å². The van der Waals surface area contributed by atoms with Crippen molar-refractivity contribution in [3.05, 3.63) is 40.5 Å². The second-order valence-corrected chi connectivity index (χ2v) is 8.31. The number of carbonyl (C=O) groups is 2. The topological polar surface area (TPSA) is 58.6 Å². The molecule has 0 saturated heterocycles. The fourth-order valence-electron chi connectivity index (χ4n) is 2.38. The molecule has 1 heterocycles. The molecule has 0 aliphatic carbocycles. The molecule has 2 rings (SSSR count). The van der Waals surface area contributed by atoms with E-state index in [1.165, 1.54) is 30.5 Å². The fourth-order valence-corrected chi connectivity index (χ4v) is 3.39. The number of carbonyl (C=O) groups excluding carboxylic acids is 2. The van der Waals surface area contributed by atoms with Crippen LogP contribution in [0.2, 0.25) is 0 Å². The third-order valence-corrected chi connectivity index (χ3v) is 5.90. The molecule has 2 amide bonds. The van der Waals surface area contributed by atoms with Crippen LogP contribution in [0, 0.1) is 11.6 Å². The minimum absolute atomic E-state index is 0.0959. The highest BCUT2D eigenvalue weighted by Crippen LogP contribution is 2.34. The first-order valence-corrected chi connectivity index (χ1v) is 9.54. The predicted molar refractivity (Wildman–Crippen MR) is 102 cm³/mol. The number of thioether (sulfide) groups is 1. The summed E-state index contributed by atoms with van der Waals surface area (Å²) in [7, 11) is 0. The number of ether oxygens (including phenoxy) is 1. The molecule has 148 valence electrons. The van der Waals surface area contributed by atoms with Crippen LogP contribution in [-0.2, 0) is 14.3 Å². The van der Waals surface area contributed by atoms with Gasteiger partial charge in [-0.3, -0.25) is 14.5 Å². The smallest absolute Gasteiger partial charge is 0.267 e. The van der Waals surface area contributed by atoms with E-state index in [1.807, 2.05) is 13.8 Å². The van der Waals surface area contributed by atoms with Gasteiger partial charge in [-0.15, -0.1) is 11.8 Å². The second kappa shape index (κ2) is 8.29. The van der Waals surface area contributed by atoms with Gasteiger partial charge in [-0.05, 0) is 39.3 Å². The van der Waals surface area contributed by atoms with Crippen molar-refractivity contribution in [1.29, 1.82) is 0 Å². The van der Waals surface area contributed by atoms with Crippen LogP contribution in [0.25, 0.3) is 0 Å². The van der Waals surface area contributed by atoms with E-state index in [9.17, 15) is 18.4 Å². The van der Waals surface area contributed by atoms with Crippen molar-refractivity contribution in [3.8, 4) is 0 Å². The Balaban J connectivity index is 2.23. The highest BCUT2D eigenvalue weighted by Gasteiger charge is 2.42. The van der Waals surface area contributed by atoms with Crippen molar-refractivity contribution in [3.63, 3.8) is 0 Å². The van der Waals surface area contributed by atoms with Crippen LogP contribution < -0.4 is 5.32 Å². The molecule has 27 heavy (non-hydrogen) atoms. The molecule has 1 atom stereocenters. The van der Waals surface area contributed by atoms with Crippen LogP contribution in [0.4, 0.5) is 14.5 Å². The Hall–Kier alpha value is -2.09. The lowest BCUT2D eigenvalue weighted by Crippen LogP contribution is -2.57. The number of rotatable bonds is 6. The Morgan fingerprint density at radius 2 is 2.07 bits per heavy atom. The normalized spacial score (nSPS) is 16.3. The lowest BCUT2D eigenvalue weighted by Gasteiger charge is -2.40. The van der Waals surface area contributed by atoms with E-state index in [4.69, 9.17) is 4.74 Å². The Labute approximate surface area is 162 Å². The maximum absolute atomic E-state index is 13.8. The largest absolute Gasteiger partial charge is 0.476 e. The number of hydrogen-bond donors (Lipinski definition) is 1. The van der Waals surface area contributed by atoms with Crippen LogP contribution in [0.5, 0.6) is 0 Å². The predicted octanol–water partition coefficient (Wildman–Crippen LogP) is 4.26. The van der Waals surface area contributed by atoms with Crippen molar-refractivity contribution in [2.75, 3.05) is 12.0 Å². The van der Waals surface area contributed by atoms with Gasteiger partial charge in [0.05, 0.1) is 5.69 Å². The van der Waals surface area contributed by atoms with E-state index < -0.39 is 23.1 Å². The monoisotopic (exact) mass is 398 g/mol. The van der Waals surface area contributed by atoms with Gasteiger partial charge in [0.15, 0.2) is 6.73 Å². The summed E-state index contributed by atoms with van der Waals surface area (Å²) in [5.41, 5.74) is -1.61. The van der Waals surface area contributed by atoms with Gasteiger partial charge >= 0.3 is 0 Å². The average Bonchev–Trinajstić information content (AvgIpc) is 2.61. The summed E-state index contributed by atoms with van der Waals surface area (Å²) in [5, 5.41) is 2.57. The van der Waals surface area contributed by atoms with Crippen molar-refractivity contribution < 1.29 is 23.1 Å². The standard InChI is InChI=1S/C19H24F2N2O3S/c1-6-11(2)27-16-12(3)26-10-23(17(16)24)19(4,5)18(25)22-15-9-13(20)7-8-14(15)21/h7-9,11H,6,10H2,1-5H3,(H,22,25). The van der Waals surface area contributed by atoms with Gasteiger partial charge in [-0.2, -0.15) is 0 Å². The van der Waals surface area contributed by atoms with Crippen molar-refractivity contribution in [2.45, 2.75) is 51.8 Å². The number of anilines is 1. The molecule has 1 unspecified atom stereocenters. The number of halogens is 2. The van der Waals surface area contributed by atoms with E-state index in [0.29, 0.717) is 10.7 Å². The molecular weight excluding hydrogens is 374 g/mol. The number of amides is 2. The Bertz CT molecular complexity index is 780. The molecule has 0 saturated carbocycles. The zero-order valence-electron chi connectivity index (χ0n) is 16.1. The van der Waals surface area contributed by atoms with E-state index in [0.717, 1.165) is 24.6 Å². The molecule has 1 N–H and O–H groups in total. The van der Waals surface area contributed by atoms with Gasteiger partial charge in [-0.25, -0.2) is 8.78 Å². The highest BCUT2D eigenvalue weighted by atomic mass is 32.2. The Morgan fingerprint density at radius 3 is 2.70 bits per heavy atom. The zero-order chi connectivity index (χ0) is 20.4. The number of nitrogens with zero attached hydrogens (tertiary/aromatic N) is 1. The van der Waals surface area contributed by atoms with E-state index in [2.05, 4.69) is 5.32 Å². The van der Waals surface area contributed by atoms with Gasteiger partial charge in [0.1, 0.15) is 27.8 Å². The van der Waals surface area contributed by atoms with E-state index in [1.54, 1.807) is 6.92 Å². The number of benzene rings is 1. The summed E-state index contributed by atoms with van der Waals surface area (Å²) >= 11 is 1.40. The van der Waals surface area contributed by atoms with Crippen molar-refractivity contribution in [2.24, 2.45) is 0 Å². The summed E-state index contributed by atoms with van der Waals surface area (Å²) in [6.45, 7) is 8.71. The summed E-state index contributed by atoms with van der Waals surface area (Å²) < 4.78 is 32.8. The zero-order valence-corrected chi connectivity index (χ0v) is 16.9. The van der Waals surface area contributed by atoms with Gasteiger partial charge in [0.25, 0.3) is 5.91 Å². The fraction of sp³-hybridized carbons (Fsp3) is 0.474. The first-order chi connectivity index (χ1) is 12.6. The first kappa shape index (κ1) is 21.2. The molecule has 0 bridgehead atoms. The SMILES string of the molecule is CCC(C)SC1=C(C)OCN(C(C)(C)C(=O)Nc2cc(F)ccc2F)C1=O. The number of allylic oxidation sites excluding steroid dienone is 1. The van der Waals surface area contributed by atoms with Crippen LogP contribution in [0.1, 0.15) is 41.0 Å². The average molecular weight is 398 g/mol. The van der Waals surface area contributed by atoms with Crippen LogP contribution in [0.15, 0.2) is 28.9 Å². The molecular formula is C19H24F2N2O3S. The molecule has 1 aromatic carbocycles. The van der Waals surface area contributed by atoms with E-state index >= 15 is 0 Å². The molecule has 1 aliphatic heterocycles. The molecule has 0 spiro atoms. The maximum Gasteiger partial charge on any atom is 0.267 e. The van der Waals surface area contributed by atoms with Crippen molar-refractivity contribution in [1.82, 2.24) is 4.90 Å². The van der Waals surface area contributed by atoms with Crippen LogP contribution in [0.3, 0.4) is 0 Å². The molecule has 1 aromatic rings. The summed E-state index contributed by atoms with van der Waals surface area (Å²) in [6, 6.07) is 2.79. The van der Waals surface area contributed by atoms with Crippen LogP contribution in [-0.4, -0.2) is 34.2 Å². The third-order valence-electron chi connectivity index (χ3n) is 4.47. The molecule has 0 radical (unpaired) electrons. The minimum atomic E-state index is -1.34. The lowest BCUT2D eigenvalue weighted by atomic mass is 10.0. The van der Waals surface area contributed by atoms with Crippen LogP contribution >= 0.6 is 11.8 Å². The van der Waals surface area contributed by atoms with E-state index in [-0.39, 0.29) is 23.6 Å². The Morgan fingerprint density at radius 1 is 1.41 bits per heavy atom. The summed E-state index contributed by atoms with van der Waals surface area (Å²) in [5.74, 6) is -1.87. The molecule has 0 fully saturated rings. The van der Waals surface area contributed by atoms with Gasteiger partial charge in [0, 0.05) is 11.3 Å². The van der Waals surface area contributed by atoms with Crippen molar-refractivity contribution >= 4 is 29.3 Å². The highest BCUT2D eigenvalue weighted by molar-refractivity contribution is 8.04. The molecule has 5 nitrogen and oxygen atoms in total. The van der Waals surface area contributed by atoms with Gasteiger partial charge in [-0.1, -0.05) is 13.8 Å². The summed E-state index contributed by atoms with van der Waals surface area (Å²) in [4.78, 5) is 27.4. The molecule has 1 aliphatic rings. The number of hydrogen-bond acceptors (Lipinski definition) is 4. The second-order valence-electron chi connectivity index (χ2n) is 6.87. The lowest BCUT2D eigenvalue weighted by molar-refractivity contribution is -0.148. The molecule has 0 aromatic heterocycles. The van der Waals surface area contributed by atoms with Gasteiger partial charge < -0.3 is 10.1 Å². The number of nitrogens with one attached hydrogen (secondary N) is 1.